The molecular formula is C20H32N6O. The van der Waals surface area contributed by atoms with Gasteiger partial charge in [-0.15, -0.1) is 0 Å². The zero-order valence-electron chi connectivity index (χ0n) is 17.2. The SMILES string of the molecule is Cc1nn(CC(C)C)c(C)c1CCC(=O)N1CCNCC1c1nccn1C. The Morgan fingerprint density at radius 2 is 2.15 bits per heavy atom. The normalized spacial score (nSPS) is 17.7. The van der Waals surface area contributed by atoms with Crippen molar-refractivity contribution in [2.45, 2.75) is 53.1 Å². The molecule has 27 heavy (non-hydrogen) atoms. The van der Waals surface area contributed by atoms with Crippen molar-refractivity contribution in [3.05, 3.63) is 35.2 Å². The number of rotatable bonds is 6. The van der Waals surface area contributed by atoms with Crippen LogP contribution < -0.4 is 5.32 Å². The predicted molar refractivity (Wildman–Crippen MR) is 105 cm³/mol. The fourth-order valence-corrected chi connectivity index (χ4v) is 3.93. The molecule has 1 aliphatic heterocycles. The molecular weight excluding hydrogens is 340 g/mol. The number of piperazine rings is 1. The number of aryl methyl sites for hydroxylation is 2. The average Bonchev–Trinajstić information content (AvgIpc) is 3.16. The van der Waals surface area contributed by atoms with Crippen molar-refractivity contribution in [3.8, 4) is 0 Å². The van der Waals surface area contributed by atoms with Crippen LogP contribution in [0.25, 0.3) is 0 Å². The molecule has 0 spiro atoms. The van der Waals surface area contributed by atoms with Crippen molar-refractivity contribution in [3.63, 3.8) is 0 Å². The molecule has 0 aromatic carbocycles. The second-order valence-corrected chi connectivity index (χ2v) is 7.93. The second kappa shape index (κ2) is 8.25. The van der Waals surface area contributed by atoms with E-state index in [1.807, 2.05) is 29.6 Å². The molecule has 1 aliphatic rings. The van der Waals surface area contributed by atoms with Gasteiger partial charge >= 0.3 is 0 Å². The summed E-state index contributed by atoms with van der Waals surface area (Å²) in [6, 6.07) is -0.00268. The molecule has 3 heterocycles. The van der Waals surface area contributed by atoms with Gasteiger partial charge in [-0.1, -0.05) is 13.8 Å². The maximum atomic E-state index is 13.0. The third-order valence-corrected chi connectivity index (χ3v) is 5.38. The second-order valence-electron chi connectivity index (χ2n) is 7.93. The number of carbonyl (C=O) groups is 1. The molecule has 0 radical (unpaired) electrons. The molecule has 1 amide bonds. The summed E-state index contributed by atoms with van der Waals surface area (Å²) >= 11 is 0. The Labute approximate surface area is 161 Å². The lowest BCUT2D eigenvalue weighted by Gasteiger charge is -2.35. The van der Waals surface area contributed by atoms with Crippen molar-refractivity contribution in [2.75, 3.05) is 19.6 Å². The molecule has 0 aliphatic carbocycles. The molecule has 3 rings (SSSR count). The fourth-order valence-electron chi connectivity index (χ4n) is 3.93. The summed E-state index contributed by atoms with van der Waals surface area (Å²) in [5.41, 5.74) is 3.45. The van der Waals surface area contributed by atoms with E-state index in [4.69, 9.17) is 0 Å². The van der Waals surface area contributed by atoms with E-state index < -0.39 is 0 Å². The number of imidazole rings is 1. The third kappa shape index (κ3) is 4.24. The van der Waals surface area contributed by atoms with Gasteiger partial charge in [-0.25, -0.2) is 4.98 Å². The molecule has 7 heteroatoms. The standard InChI is InChI=1S/C20H32N6O/c1-14(2)13-26-16(4)17(15(3)23-26)6-7-19(27)25-11-8-21-12-18(25)20-22-9-10-24(20)5/h9-10,14,18,21H,6-8,11-13H2,1-5H3. The average molecular weight is 373 g/mol. The van der Waals surface area contributed by atoms with Crippen LogP contribution in [-0.2, 0) is 24.8 Å². The van der Waals surface area contributed by atoms with Crippen LogP contribution in [0.2, 0.25) is 0 Å². The minimum atomic E-state index is -0.00268. The summed E-state index contributed by atoms with van der Waals surface area (Å²) < 4.78 is 4.09. The predicted octanol–water partition coefficient (Wildman–Crippen LogP) is 2.00. The highest BCUT2D eigenvalue weighted by atomic mass is 16.2. The highest BCUT2D eigenvalue weighted by molar-refractivity contribution is 5.77. The van der Waals surface area contributed by atoms with Gasteiger partial charge in [0.25, 0.3) is 0 Å². The van der Waals surface area contributed by atoms with Crippen LogP contribution in [0.5, 0.6) is 0 Å². The number of nitrogens with one attached hydrogen (secondary N) is 1. The first-order chi connectivity index (χ1) is 12.9. The Hall–Kier alpha value is -2.15. The number of amides is 1. The van der Waals surface area contributed by atoms with Gasteiger partial charge in [0.1, 0.15) is 11.9 Å². The van der Waals surface area contributed by atoms with Crippen LogP contribution in [0.4, 0.5) is 0 Å². The summed E-state index contributed by atoms with van der Waals surface area (Å²) in [7, 11) is 1.98. The van der Waals surface area contributed by atoms with E-state index in [9.17, 15) is 4.79 Å². The lowest BCUT2D eigenvalue weighted by Crippen LogP contribution is -2.49. The highest BCUT2D eigenvalue weighted by Gasteiger charge is 2.30. The number of aromatic nitrogens is 4. The van der Waals surface area contributed by atoms with Gasteiger partial charge in [0.2, 0.25) is 5.91 Å². The molecule has 7 nitrogen and oxygen atoms in total. The van der Waals surface area contributed by atoms with E-state index in [0.717, 1.165) is 44.1 Å². The topological polar surface area (TPSA) is 68.0 Å². The molecule has 1 N–H and O–H groups in total. The quantitative estimate of drug-likeness (QED) is 0.842. The maximum Gasteiger partial charge on any atom is 0.223 e. The lowest BCUT2D eigenvalue weighted by atomic mass is 10.1. The van der Waals surface area contributed by atoms with Gasteiger partial charge < -0.3 is 14.8 Å². The minimum absolute atomic E-state index is 0.00268. The lowest BCUT2D eigenvalue weighted by molar-refractivity contribution is -0.134. The van der Waals surface area contributed by atoms with E-state index in [-0.39, 0.29) is 11.9 Å². The summed E-state index contributed by atoms with van der Waals surface area (Å²) in [6.07, 6.45) is 4.98. The molecule has 148 valence electrons. The van der Waals surface area contributed by atoms with Crippen molar-refractivity contribution in [1.29, 1.82) is 0 Å². The Morgan fingerprint density at radius 3 is 2.81 bits per heavy atom. The van der Waals surface area contributed by atoms with Crippen molar-refractivity contribution in [1.82, 2.24) is 29.5 Å². The summed E-state index contributed by atoms with van der Waals surface area (Å²) in [5.74, 6) is 1.68. The Kier molecular flexibility index (Phi) is 5.99. The molecule has 2 aromatic rings. The van der Waals surface area contributed by atoms with Gasteiger partial charge in [0.05, 0.1) is 5.69 Å². The molecule has 0 saturated carbocycles. The Balaban J connectivity index is 1.70. The monoisotopic (exact) mass is 372 g/mol. The van der Waals surface area contributed by atoms with Crippen LogP contribution in [-0.4, -0.2) is 49.8 Å². The molecule has 1 atom stereocenters. The van der Waals surface area contributed by atoms with Gasteiger partial charge in [-0.05, 0) is 31.7 Å². The van der Waals surface area contributed by atoms with E-state index >= 15 is 0 Å². The maximum absolute atomic E-state index is 13.0. The zero-order valence-corrected chi connectivity index (χ0v) is 17.2. The van der Waals surface area contributed by atoms with Crippen LogP contribution >= 0.6 is 0 Å². The van der Waals surface area contributed by atoms with Crippen LogP contribution in [0, 0.1) is 19.8 Å². The van der Waals surface area contributed by atoms with Crippen LogP contribution in [0.15, 0.2) is 12.4 Å². The Morgan fingerprint density at radius 1 is 1.37 bits per heavy atom. The van der Waals surface area contributed by atoms with Crippen molar-refractivity contribution in [2.24, 2.45) is 13.0 Å². The smallest absolute Gasteiger partial charge is 0.223 e. The van der Waals surface area contributed by atoms with E-state index in [1.165, 1.54) is 11.3 Å². The van der Waals surface area contributed by atoms with Gasteiger partial charge in [-0.2, -0.15) is 5.10 Å². The van der Waals surface area contributed by atoms with Gasteiger partial charge in [0.15, 0.2) is 0 Å². The molecule has 2 aromatic heterocycles. The first kappa shape index (κ1) is 19.6. The highest BCUT2D eigenvalue weighted by Crippen LogP contribution is 2.23. The van der Waals surface area contributed by atoms with Crippen molar-refractivity contribution < 1.29 is 4.79 Å². The summed E-state index contributed by atoms with van der Waals surface area (Å²) in [4.78, 5) is 19.5. The van der Waals surface area contributed by atoms with E-state index in [2.05, 4.69) is 40.9 Å². The molecule has 1 saturated heterocycles. The largest absolute Gasteiger partial charge is 0.336 e. The number of hydrogen-bond donors (Lipinski definition) is 1. The van der Waals surface area contributed by atoms with E-state index in [1.54, 1.807) is 6.20 Å². The number of hydrogen-bond acceptors (Lipinski definition) is 4. The summed E-state index contributed by atoms with van der Waals surface area (Å²) in [6.45, 7) is 11.8. The summed E-state index contributed by atoms with van der Waals surface area (Å²) in [5, 5.41) is 8.06. The van der Waals surface area contributed by atoms with Crippen LogP contribution in [0.3, 0.4) is 0 Å². The first-order valence-corrected chi connectivity index (χ1v) is 9.88. The third-order valence-electron chi connectivity index (χ3n) is 5.38. The molecule has 1 fully saturated rings. The molecule has 0 bridgehead atoms. The van der Waals surface area contributed by atoms with Crippen LogP contribution in [0.1, 0.15) is 49.1 Å². The zero-order chi connectivity index (χ0) is 19.6. The Bertz CT molecular complexity index is 790. The number of nitrogens with zero attached hydrogens (tertiary/aromatic N) is 5. The van der Waals surface area contributed by atoms with Gasteiger partial charge in [-0.3, -0.25) is 9.48 Å². The fraction of sp³-hybridized carbons (Fsp3) is 0.650. The van der Waals surface area contributed by atoms with E-state index in [0.29, 0.717) is 12.3 Å². The first-order valence-electron chi connectivity index (χ1n) is 9.88. The van der Waals surface area contributed by atoms with Crippen molar-refractivity contribution >= 4 is 5.91 Å². The molecule has 1 unspecified atom stereocenters. The minimum Gasteiger partial charge on any atom is -0.336 e. The van der Waals surface area contributed by atoms with Gasteiger partial charge in [0, 0.05) is 57.7 Å². The number of carbonyl (C=O) groups excluding carboxylic acids is 1.